The van der Waals surface area contributed by atoms with Gasteiger partial charge in [0.25, 0.3) is 0 Å². The molecule has 1 unspecified atom stereocenters. The smallest absolute Gasteiger partial charge is 0.410 e. The van der Waals surface area contributed by atoms with Gasteiger partial charge in [0.2, 0.25) is 0 Å². The van der Waals surface area contributed by atoms with E-state index in [1.165, 1.54) is 36.1 Å². The normalized spacial score (nSPS) is 15.9. The lowest BCUT2D eigenvalue weighted by Crippen LogP contribution is -2.36. The van der Waals surface area contributed by atoms with Crippen LogP contribution in [0.25, 0.3) is 5.69 Å². The summed E-state index contributed by atoms with van der Waals surface area (Å²) in [5.41, 5.74) is 5.36. The van der Waals surface area contributed by atoms with Crippen molar-refractivity contribution in [1.29, 1.82) is 5.26 Å². The summed E-state index contributed by atoms with van der Waals surface area (Å²) in [5.74, 6) is -1.10. The number of rotatable bonds is 4. The van der Waals surface area contributed by atoms with E-state index in [9.17, 15) is 19.2 Å². The summed E-state index contributed by atoms with van der Waals surface area (Å²) < 4.78 is 31.6. The summed E-state index contributed by atoms with van der Waals surface area (Å²) in [6, 6.07) is 5.71. The van der Waals surface area contributed by atoms with Crippen molar-refractivity contribution >= 4 is 17.7 Å². The zero-order chi connectivity index (χ0) is 23.6. The van der Waals surface area contributed by atoms with E-state index < -0.39 is 23.5 Å². The fourth-order valence-electron chi connectivity index (χ4n) is 3.38. The summed E-state index contributed by atoms with van der Waals surface area (Å²) in [6.07, 6.45) is 1.05. The highest BCUT2D eigenvalue weighted by molar-refractivity contribution is 5.96. The van der Waals surface area contributed by atoms with E-state index in [4.69, 9.17) is 19.9 Å². The maximum atomic E-state index is 14.1. The Labute approximate surface area is 185 Å². The molecule has 0 aliphatic carbocycles. The number of aromatic nitrogens is 1. The molecule has 2 heterocycles. The van der Waals surface area contributed by atoms with Gasteiger partial charge in [0.15, 0.2) is 5.69 Å². The van der Waals surface area contributed by atoms with Gasteiger partial charge in [0.1, 0.15) is 29.3 Å². The lowest BCUT2D eigenvalue weighted by molar-refractivity contribution is 0.0275. The van der Waals surface area contributed by atoms with Crippen LogP contribution in [0.15, 0.2) is 24.4 Å². The van der Waals surface area contributed by atoms with E-state index in [-0.39, 0.29) is 41.0 Å². The molecule has 170 valence electrons. The average Bonchev–Trinajstić information content (AvgIpc) is 3.32. The molecule has 9 nitrogen and oxygen atoms in total. The van der Waals surface area contributed by atoms with Crippen LogP contribution >= 0.6 is 0 Å². The SMILES string of the molecule is COC(=O)c1c(N)c(C#N)cn1-c1cc(F)ccc1OC1CCN(C(=O)OC(C)(C)C)C1. The van der Waals surface area contributed by atoms with Crippen molar-refractivity contribution in [2.75, 3.05) is 25.9 Å². The van der Waals surface area contributed by atoms with Crippen LogP contribution < -0.4 is 10.5 Å². The van der Waals surface area contributed by atoms with Crippen molar-refractivity contribution in [2.24, 2.45) is 0 Å². The van der Waals surface area contributed by atoms with Crippen LogP contribution in [0.3, 0.4) is 0 Å². The third-order valence-corrected chi connectivity index (χ3v) is 4.81. The molecule has 2 N–H and O–H groups in total. The maximum absolute atomic E-state index is 14.1. The Hall–Kier alpha value is -3.74. The first-order chi connectivity index (χ1) is 15.0. The number of carbonyl (C=O) groups excluding carboxylic acids is 2. The highest BCUT2D eigenvalue weighted by Gasteiger charge is 2.32. The quantitative estimate of drug-likeness (QED) is 0.719. The summed E-state index contributed by atoms with van der Waals surface area (Å²) in [4.78, 5) is 26.2. The number of nitrogens with two attached hydrogens (primary N) is 1. The monoisotopic (exact) mass is 444 g/mol. The Kier molecular flexibility index (Phi) is 6.30. The van der Waals surface area contributed by atoms with Gasteiger partial charge in [-0.2, -0.15) is 5.26 Å². The minimum atomic E-state index is -0.781. The van der Waals surface area contributed by atoms with Crippen molar-refractivity contribution in [1.82, 2.24) is 9.47 Å². The van der Waals surface area contributed by atoms with Crippen LogP contribution in [0.5, 0.6) is 5.75 Å². The third-order valence-electron chi connectivity index (χ3n) is 4.81. The van der Waals surface area contributed by atoms with Crippen molar-refractivity contribution in [3.63, 3.8) is 0 Å². The molecule has 10 heteroatoms. The fourth-order valence-corrected chi connectivity index (χ4v) is 3.38. The molecule has 2 aromatic rings. The predicted molar refractivity (Wildman–Crippen MR) is 113 cm³/mol. The Bertz CT molecular complexity index is 1080. The summed E-state index contributed by atoms with van der Waals surface area (Å²) in [6.45, 7) is 6.09. The number of nitriles is 1. The number of esters is 1. The van der Waals surface area contributed by atoms with Crippen molar-refractivity contribution in [3.8, 4) is 17.5 Å². The molecule has 1 amide bonds. The van der Waals surface area contributed by atoms with Gasteiger partial charge in [0, 0.05) is 25.2 Å². The second kappa shape index (κ2) is 8.78. The van der Waals surface area contributed by atoms with E-state index in [1.54, 1.807) is 25.7 Å². The van der Waals surface area contributed by atoms with Gasteiger partial charge in [-0.05, 0) is 32.9 Å². The Balaban J connectivity index is 1.91. The standard InChI is InChI=1S/C22H25FN4O5/c1-22(2,3)32-21(29)26-8-7-15(12-26)31-17-6-5-14(23)9-16(17)27-11-13(10-24)18(25)19(27)20(28)30-4/h5-6,9,11,15H,7-8,12,25H2,1-4H3. The molecule has 0 radical (unpaired) electrons. The molecule has 0 saturated carbocycles. The first-order valence-corrected chi connectivity index (χ1v) is 9.97. The van der Waals surface area contributed by atoms with Gasteiger partial charge in [-0.15, -0.1) is 0 Å². The van der Waals surface area contributed by atoms with E-state index in [1.807, 2.05) is 6.07 Å². The van der Waals surface area contributed by atoms with Gasteiger partial charge in [0.05, 0.1) is 30.6 Å². The van der Waals surface area contributed by atoms with Crippen LogP contribution in [0, 0.1) is 17.1 Å². The highest BCUT2D eigenvalue weighted by Crippen LogP contribution is 2.32. The molecule has 1 aliphatic rings. The number of methoxy groups -OCH3 is 1. The first kappa shape index (κ1) is 22.9. The molecular formula is C22H25FN4O5. The molecule has 1 atom stereocenters. The molecule has 1 aromatic carbocycles. The number of halogens is 1. The van der Waals surface area contributed by atoms with Crippen molar-refractivity contribution < 1.29 is 28.2 Å². The first-order valence-electron chi connectivity index (χ1n) is 9.97. The van der Waals surface area contributed by atoms with E-state index in [0.717, 1.165) is 0 Å². The van der Waals surface area contributed by atoms with E-state index in [0.29, 0.717) is 13.0 Å². The molecule has 1 fully saturated rings. The van der Waals surface area contributed by atoms with Crippen LogP contribution in [0.4, 0.5) is 14.9 Å². The van der Waals surface area contributed by atoms with Gasteiger partial charge in [-0.3, -0.25) is 0 Å². The second-order valence-corrected chi connectivity index (χ2v) is 8.35. The van der Waals surface area contributed by atoms with Crippen LogP contribution in [-0.2, 0) is 9.47 Å². The number of anilines is 1. The van der Waals surface area contributed by atoms with Gasteiger partial charge < -0.3 is 29.4 Å². The van der Waals surface area contributed by atoms with Gasteiger partial charge in [-0.1, -0.05) is 0 Å². The topological polar surface area (TPSA) is 120 Å². The van der Waals surface area contributed by atoms with Crippen LogP contribution in [0.1, 0.15) is 43.2 Å². The third kappa shape index (κ3) is 4.77. The number of carbonyl (C=O) groups is 2. The van der Waals surface area contributed by atoms with Crippen LogP contribution in [-0.4, -0.2) is 53.4 Å². The second-order valence-electron chi connectivity index (χ2n) is 8.35. The number of hydrogen-bond acceptors (Lipinski definition) is 7. The van der Waals surface area contributed by atoms with Crippen LogP contribution in [0.2, 0.25) is 0 Å². The fraction of sp³-hybridized carbons (Fsp3) is 0.409. The lowest BCUT2D eigenvalue weighted by Gasteiger charge is -2.24. The summed E-state index contributed by atoms with van der Waals surface area (Å²) in [7, 11) is 1.18. The zero-order valence-electron chi connectivity index (χ0n) is 18.3. The number of likely N-dealkylation sites (tertiary alicyclic amines) is 1. The van der Waals surface area contributed by atoms with Crippen molar-refractivity contribution in [2.45, 2.75) is 38.9 Å². The van der Waals surface area contributed by atoms with E-state index >= 15 is 0 Å². The Morgan fingerprint density at radius 2 is 2.03 bits per heavy atom. The number of amides is 1. The average molecular weight is 444 g/mol. The minimum absolute atomic E-state index is 0.0394. The Morgan fingerprint density at radius 3 is 2.66 bits per heavy atom. The Morgan fingerprint density at radius 1 is 1.31 bits per heavy atom. The lowest BCUT2D eigenvalue weighted by atomic mass is 10.2. The molecule has 0 bridgehead atoms. The molecule has 0 spiro atoms. The number of nitrogen functional groups attached to an aromatic ring is 1. The molecule has 32 heavy (non-hydrogen) atoms. The molecule has 3 rings (SSSR count). The van der Waals surface area contributed by atoms with Gasteiger partial charge in [-0.25, -0.2) is 14.0 Å². The molecular weight excluding hydrogens is 419 g/mol. The van der Waals surface area contributed by atoms with Gasteiger partial charge >= 0.3 is 12.1 Å². The number of hydrogen-bond donors (Lipinski definition) is 1. The summed E-state index contributed by atoms with van der Waals surface area (Å²) in [5, 5.41) is 9.32. The molecule has 1 saturated heterocycles. The highest BCUT2D eigenvalue weighted by atomic mass is 19.1. The number of ether oxygens (including phenoxy) is 3. The summed E-state index contributed by atoms with van der Waals surface area (Å²) >= 11 is 0. The number of nitrogens with zero attached hydrogens (tertiary/aromatic N) is 3. The molecule has 1 aromatic heterocycles. The van der Waals surface area contributed by atoms with E-state index in [2.05, 4.69) is 0 Å². The largest absolute Gasteiger partial charge is 0.486 e. The zero-order valence-corrected chi connectivity index (χ0v) is 18.3. The number of benzene rings is 1. The van der Waals surface area contributed by atoms with Crippen molar-refractivity contribution in [3.05, 3.63) is 41.5 Å². The minimum Gasteiger partial charge on any atom is -0.486 e. The predicted octanol–water partition coefficient (Wildman–Crippen LogP) is 3.25. The maximum Gasteiger partial charge on any atom is 0.410 e. The molecule has 1 aliphatic heterocycles.